The number of fused-ring (bicyclic) bond motifs is 1. The minimum atomic E-state index is -3.70. The van der Waals surface area contributed by atoms with Crippen LogP contribution >= 0.6 is 0 Å². The molecule has 0 saturated carbocycles. The Kier molecular flexibility index (Phi) is 4.80. The average Bonchev–Trinajstić information content (AvgIpc) is 2.99. The van der Waals surface area contributed by atoms with Gasteiger partial charge in [0.25, 0.3) is 10.0 Å². The van der Waals surface area contributed by atoms with Crippen molar-refractivity contribution in [1.29, 1.82) is 0 Å². The predicted octanol–water partition coefficient (Wildman–Crippen LogP) is 3.83. The van der Waals surface area contributed by atoms with E-state index in [1.165, 1.54) is 6.92 Å². The Morgan fingerprint density at radius 2 is 1.92 bits per heavy atom. The van der Waals surface area contributed by atoms with Gasteiger partial charge in [-0.3, -0.25) is 9.52 Å². The molecular formula is C20H24N2O3S. The van der Waals surface area contributed by atoms with Gasteiger partial charge in [0.15, 0.2) is 0 Å². The molecule has 0 aromatic heterocycles. The Morgan fingerprint density at radius 1 is 1.19 bits per heavy atom. The number of aryl methyl sites for hydroxylation is 1. The summed E-state index contributed by atoms with van der Waals surface area (Å²) in [6.45, 7) is 8.09. The molecule has 6 heteroatoms. The van der Waals surface area contributed by atoms with Crippen molar-refractivity contribution in [3.63, 3.8) is 0 Å². The number of hydrogen-bond acceptors (Lipinski definition) is 3. The Labute approximate surface area is 155 Å². The van der Waals surface area contributed by atoms with Gasteiger partial charge in [-0.15, -0.1) is 0 Å². The third kappa shape index (κ3) is 3.33. The van der Waals surface area contributed by atoms with Crippen LogP contribution < -0.4 is 9.62 Å². The molecule has 0 unspecified atom stereocenters. The summed E-state index contributed by atoms with van der Waals surface area (Å²) in [5.74, 6) is 0.177. The van der Waals surface area contributed by atoms with Crippen LogP contribution in [0.1, 0.15) is 43.4 Å². The van der Waals surface area contributed by atoms with Crippen molar-refractivity contribution in [1.82, 2.24) is 0 Å². The van der Waals surface area contributed by atoms with E-state index in [1.807, 2.05) is 39.0 Å². The van der Waals surface area contributed by atoms with Crippen LogP contribution in [0.15, 0.2) is 41.3 Å². The number of para-hydroxylation sites is 1. The van der Waals surface area contributed by atoms with Crippen LogP contribution in [0.2, 0.25) is 0 Å². The molecule has 5 nitrogen and oxygen atoms in total. The number of nitrogens with zero attached hydrogens (tertiary/aromatic N) is 1. The van der Waals surface area contributed by atoms with Gasteiger partial charge in [-0.2, -0.15) is 0 Å². The number of nitrogens with one attached hydrogen (secondary N) is 1. The van der Waals surface area contributed by atoms with E-state index < -0.39 is 10.0 Å². The highest BCUT2D eigenvalue weighted by atomic mass is 32.2. The molecule has 0 atom stereocenters. The maximum atomic E-state index is 13.0. The maximum absolute atomic E-state index is 13.0. The van der Waals surface area contributed by atoms with E-state index in [-0.39, 0.29) is 16.7 Å². The van der Waals surface area contributed by atoms with Gasteiger partial charge in [0.1, 0.15) is 0 Å². The number of amides is 1. The first kappa shape index (κ1) is 18.5. The van der Waals surface area contributed by atoms with Gasteiger partial charge in [-0.1, -0.05) is 32.0 Å². The lowest BCUT2D eigenvalue weighted by atomic mass is 9.99. The molecule has 0 bridgehead atoms. The predicted molar refractivity (Wildman–Crippen MR) is 104 cm³/mol. The first-order valence-corrected chi connectivity index (χ1v) is 10.2. The molecule has 138 valence electrons. The molecule has 0 fully saturated rings. The van der Waals surface area contributed by atoms with Crippen LogP contribution in [-0.4, -0.2) is 20.9 Å². The van der Waals surface area contributed by atoms with Crippen molar-refractivity contribution in [2.75, 3.05) is 16.2 Å². The topological polar surface area (TPSA) is 66.5 Å². The Balaban J connectivity index is 1.97. The van der Waals surface area contributed by atoms with Crippen molar-refractivity contribution < 1.29 is 13.2 Å². The molecule has 1 heterocycles. The highest BCUT2D eigenvalue weighted by Gasteiger charge is 2.25. The normalized spacial score (nSPS) is 13.8. The van der Waals surface area contributed by atoms with Crippen molar-refractivity contribution in [2.24, 2.45) is 0 Å². The van der Waals surface area contributed by atoms with E-state index in [1.54, 1.807) is 23.1 Å². The molecular weight excluding hydrogens is 348 g/mol. The third-order valence-corrected chi connectivity index (χ3v) is 6.15. The first-order chi connectivity index (χ1) is 12.2. The van der Waals surface area contributed by atoms with Gasteiger partial charge in [-0.05, 0) is 54.2 Å². The molecule has 1 amide bonds. The van der Waals surface area contributed by atoms with Crippen molar-refractivity contribution in [3.05, 3.63) is 53.1 Å². The molecule has 2 aromatic rings. The summed E-state index contributed by atoms with van der Waals surface area (Å²) in [5, 5.41) is 0. The average molecular weight is 372 g/mol. The second kappa shape index (κ2) is 6.76. The van der Waals surface area contributed by atoms with Gasteiger partial charge in [0, 0.05) is 19.2 Å². The molecule has 26 heavy (non-hydrogen) atoms. The highest BCUT2D eigenvalue weighted by molar-refractivity contribution is 7.92. The Morgan fingerprint density at radius 3 is 2.58 bits per heavy atom. The van der Waals surface area contributed by atoms with Gasteiger partial charge < -0.3 is 4.90 Å². The fourth-order valence-corrected chi connectivity index (χ4v) is 4.59. The number of benzene rings is 2. The second-order valence-corrected chi connectivity index (χ2v) is 8.69. The van der Waals surface area contributed by atoms with Crippen molar-refractivity contribution >= 4 is 27.3 Å². The summed E-state index contributed by atoms with van der Waals surface area (Å²) in [7, 11) is -3.70. The summed E-state index contributed by atoms with van der Waals surface area (Å²) in [6.07, 6.45) is 0.667. The Bertz CT molecular complexity index is 965. The highest BCUT2D eigenvalue weighted by Crippen LogP contribution is 2.33. The van der Waals surface area contributed by atoms with Crippen molar-refractivity contribution in [3.8, 4) is 0 Å². The zero-order valence-corrected chi connectivity index (χ0v) is 16.4. The van der Waals surface area contributed by atoms with E-state index in [4.69, 9.17) is 0 Å². The lowest BCUT2D eigenvalue weighted by Gasteiger charge is -2.18. The lowest BCUT2D eigenvalue weighted by Crippen LogP contribution is -2.25. The van der Waals surface area contributed by atoms with Crippen molar-refractivity contribution in [2.45, 2.75) is 44.9 Å². The van der Waals surface area contributed by atoms with Crippen LogP contribution in [0, 0.1) is 6.92 Å². The summed E-state index contributed by atoms with van der Waals surface area (Å²) in [5.41, 5.74) is 4.20. The molecule has 3 rings (SSSR count). The smallest absolute Gasteiger partial charge is 0.261 e. The van der Waals surface area contributed by atoms with Crippen LogP contribution in [0.25, 0.3) is 0 Å². The molecule has 1 N–H and O–H groups in total. The van der Waals surface area contributed by atoms with E-state index in [0.717, 1.165) is 22.4 Å². The largest absolute Gasteiger partial charge is 0.312 e. The molecule has 0 aliphatic carbocycles. The second-order valence-electron chi connectivity index (χ2n) is 7.01. The zero-order valence-electron chi connectivity index (χ0n) is 15.5. The molecule has 1 aliphatic heterocycles. The van der Waals surface area contributed by atoms with E-state index in [2.05, 4.69) is 4.72 Å². The minimum Gasteiger partial charge on any atom is -0.312 e. The van der Waals surface area contributed by atoms with Gasteiger partial charge in [0.2, 0.25) is 5.91 Å². The molecule has 1 aliphatic rings. The van der Waals surface area contributed by atoms with Crippen LogP contribution in [0.4, 0.5) is 11.4 Å². The molecule has 2 aromatic carbocycles. The summed E-state index contributed by atoms with van der Waals surface area (Å²) >= 11 is 0. The monoisotopic (exact) mass is 372 g/mol. The summed E-state index contributed by atoms with van der Waals surface area (Å²) in [4.78, 5) is 13.6. The Hall–Kier alpha value is -2.34. The standard InChI is InChI=1S/C20H24N2O3S/c1-13(2)18-7-5-6-14(3)20(18)21-26(24,25)17-8-9-19-16(12-17)10-11-22(19)15(4)23/h5-9,12-13,21H,10-11H2,1-4H3. The number of hydrogen-bond donors (Lipinski definition) is 1. The molecule has 0 saturated heterocycles. The number of rotatable bonds is 4. The molecule has 0 spiro atoms. The zero-order chi connectivity index (χ0) is 19.1. The van der Waals surface area contributed by atoms with E-state index >= 15 is 0 Å². The maximum Gasteiger partial charge on any atom is 0.261 e. The number of carbonyl (C=O) groups excluding carboxylic acids is 1. The third-order valence-electron chi connectivity index (χ3n) is 4.80. The number of sulfonamides is 1. The fourth-order valence-electron chi connectivity index (χ4n) is 3.38. The van der Waals surface area contributed by atoms with E-state index in [0.29, 0.717) is 18.7 Å². The fraction of sp³-hybridized carbons (Fsp3) is 0.350. The minimum absolute atomic E-state index is 0.0287. The lowest BCUT2D eigenvalue weighted by molar-refractivity contribution is -0.116. The molecule has 0 radical (unpaired) electrons. The van der Waals surface area contributed by atoms with Gasteiger partial charge in [0.05, 0.1) is 10.6 Å². The number of anilines is 2. The summed E-state index contributed by atoms with van der Waals surface area (Å²) in [6, 6.07) is 10.7. The van der Waals surface area contributed by atoms with Crippen LogP contribution in [-0.2, 0) is 21.2 Å². The van der Waals surface area contributed by atoms with Gasteiger partial charge in [-0.25, -0.2) is 8.42 Å². The first-order valence-electron chi connectivity index (χ1n) is 8.74. The van der Waals surface area contributed by atoms with Crippen LogP contribution in [0.3, 0.4) is 0 Å². The SMILES string of the molecule is CC(=O)N1CCc2cc(S(=O)(=O)Nc3c(C)cccc3C(C)C)ccc21. The van der Waals surface area contributed by atoms with E-state index in [9.17, 15) is 13.2 Å². The van der Waals surface area contributed by atoms with Crippen LogP contribution in [0.5, 0.6) is 0 Å². The number of carbonyl (C=O) groups is 1. The quantitative estimate of drug-likeness (QED) is 0.887. The summed E-state index contributed by atoms with van der Waals surface area (Å²) < 4.78 is 28.7. The van der Waals surface area contributed by atoms with Gasteiger partial charge >= 0.3 is 0 Å².